The van der Waals surface area contributed by atoms with Crippen LogP contribution in [-0.4, -0.2) is 29.9 Å². The number of hydrogen-bond donors (Lipinski definition) is 4. The van der Waals surface area contributed by atoms with Gasteiger partial charge >= 0.3 is 0 Å². The summed E-state index contributed by atoms with van der Waals surface area (Å²) in [6.07, 6.45) is 13.9. The molecule has 206 valence electrons. The van der Waals surface area contributed by atoms with Crippen molar-refractivity contribution in [2.45, 2.75) is 69.6 Å². The lowest BCUT2D eigenvalue weighted by molar-refractivity contribution is -0.117. The molecule has 0 saturated carbocycles. The molecule has 2 aromatic carbocycles. The van der Waals surface area contributed by atoms with E-state index in [1.54, 1.807) is 0 Å². The lowest BCUT2D eigenvalue weighted by Crippen LogP contribution is -2.30. The van der Waals surface area contributed by atoms with Crippen LogP contribution in [0.5, 0.6) is 0 Å². The number of rotatable bonds is 7. The number of allylic oxidation sites excluding steroid dienone is 1. The second kappa shape index (κ2) is 10.7. The SMILES string of the molecule is O=C(CCC1CCCNC1)Nc1ccc2c(c1)C(C1C(Cc3c[nH]c4c3CCCC4)=Cc3ccccc31)C(=O)N2. The van der Waals surface area contributed by atoms with E-state index >= 15 is 0 Å². The Bertz CT molecular complexity index is 1480. The van der Waals surface area contributed by atoms with Crippen molar-refractivity contribution in [2.24, 2.45) is 5.92 Å². The second-order valence-corrected chi connectivity index (χ2v) is 12.0. The highest BCUT2D eigenvalue weighted by molar-refractivity contribution is 6.05. The molecule has 1 aromatic heterocycles. The van der Waals surface area contributed by atoms with Crippen LogP contribution in [0.4, 0.5) is 11.4 Å². The average Bonchev–Trinajstić information content (AvgIpc) is 3.65. The highest BCUT2D eigenvalue weighted by Crippen LogP contribution is 2.51. The fraction of sp³-hybridized carbons (Fsp3) is 0.412. The fourth-order valence-electron chi connectivity index (χ4n) is 7.45. The van der Waals surface area contributed by atoms with Crippen molar-refractivity contribution in [3.05, 3.63) is 87.7 Å². The van der Waals surface area contributed by atoms with E-state index < -0.39 is 0 Å². The Morgan fingerprint density at radius 1 is 1.00 bits per heavy atom. The predicted molar refractivity (Wildman–Crippen MR) is 160 cm³/mol. The van der Waals surface area contributed by atoms with Gasteiger partial charge in [-0.15, -0.1) is 0 Å². The first kappa shape index (κ1) is 25.3. The molecule has 3 unspecified atom stereocenters. The Hall–Kier alpha value is -3.64. The second-order valence-electron chi connectivity index (χ2n) is 12.0. The van der Waals surface area contributed by atoms with Crippen molar-refractivity contribution in [2.75, 3.05) is 23.7 Å². The molecule has 6 nitrogen and oxygen atoms in total. The number of aromatic nitrogens is 1. The van der Waals surface area contributed by atoms with Gasteiger partial charge in [-0.1, -0.05) is 35.9 Å². The van der Waals surface area contributed by atoms with Crippen molar-refractivity contribution in [3.63, 3.8) is 0 Å². The molecular weight excluding hydrogens is 496 g/mol. The normalized spacial score (nSPS) is 23.1. The molecule has 3 heterocycles. The third-order valence-corrected chi connectivity index (χ3v) is 9.46. The summed E-state index contributed by atoms with van der Waals surface area (Å²) in [6, 6.07) is 14.4. The molecule has 6 heteroatoms. The fourth-order valence-corrected chi connectivity index (χ4v) is 7.45. The largest absolute Gasteiger partial charge is 0.364 e. The van der Waals surface area contributed by atoms with Gasteiger partial charge in [0.25, 0.3) is 0 Å². The summed E-state index contributed by atoms with van der Waals surface area (Å²) in [5.41, 5.74) is 10.5. The Morgan fingerprint density at radius 3 is 2.80 bits per heavy atom. The summed E-state index contributed by atoms with van der Waals surface area (Å²) in [6.45, 7) is 2.09. The zero-order chi connectivity index (χ0) is 27.1. The number of H-pyrrole nitrogens is 1. The maximum absolute atomic E-state index is 13.6. The van der Waals surface area contributed by atoms with Crippen LogP contribution in [0.15, 0.2) is 54.2 Å². The summed E-state index contributed by atoms with van der Waals surface area (Å²) < 4.78 is 0. The highest BCUT2D eigenvalue weighted by atomic mass is 16.2. The Kier molecular flexibility index (Phi) is 6.80. The minimum absolute atomic E-state index is 0.0312. The molecule has 7 rings (SSSR count). The Morgan fingerprint density at radius 2 is 1.90 bits per heavy atom. The van der Waals surface area contributed by atoms with Gasteiger partial charge in [-0.3, -0.25) is 9.59 Å². The van der Waals surface area contributed by atoms with E-state index in [-0.39, 0.29) is 23.7 Å². The molecule has 0 bridgehead atoms. The first-order valence-corrected chi connectivity index (χ1v) is 15.1. The minimum Gasteiger partial charge on any atom is -0.364 e. The van der Waals surface area contributed by atoms with Gasteiger partial charge in [0.1, 0.15) is 0 Å². The van der Waals surface area contributed by atoms with Gasteiger partial charge in [0.2, 0.25) is 11.8 Å². The van der Waals surface area contributed by atoms with Crippen LogP contribution in [-0.2, 0) is 28.9 Å². The number of fused-ring (bicyclic) bond motifs is 3. The molecule has 4 N–H and O–H groups in total. The molecule has 2 aliphatic heterocycles. The maximum atomic E-state index is 13.6. The van der Waals surface area contributed by atoms with Crippen LogP contribution in [0, 0.1) is 5.92 Å². The number of aromatic amines is 1. The van der Waals surface area contributed by atoms with Crippen molar-refractivity contribution in [1.82, 2.24) is 10.3 Å². The molecule has 1 saturated heterocycles. The summed E-state index contributed by atoms with van der Waals surface area (Å²) in [4.78, 5) is 30.0. The van der Waals surface area contributed by atoms with E-state index in [0.717, 1.165) is 55.7 Å². The molecule has 0 spiro atoms. The van der Waals surface area contributed by atoms with Crippen LogP contribution < -0.4 is 16.0 Å². The van der Waals surface area contributed by atoms with Crippen LogP contribution in [0.2, 0.25) is 0 Å². The lowest BCUT2D eigenvalue weighted by atomic mass is 9.78. The van der Waals surface area contributed by atoms with E-state index in [1.165, 1.54) is 59.2 Å². The Labute approximate surface area is 236 Å². The molecule has 4 aliphatic rings. The first-order valence-electron chi connectivity index (χ1n) is 15.1. The molecule has 2 amide bonds. The highest BCUT2D eigenvalue weighted by Gasteiger charge is 2.42. The number of anilines is 2. The number of hydrogen-bond acceptors (Lipinski definition) is 3. The number of carbonyl (C=O) groups excluding carboxylic acids is 2. The van der Waals surface area contributed by atoms with Crippen LogP contribution in [0.1, 0.15) is 83.9 Å². The zero-order valence-corrected chi connectivity index (χ0v) is 23.0. The number of carbonyl (C=O) groups is 2. The third-order valence-electron chi connectivity index (χ3n) is 9.46. The van der Waals surface area contributed by atoms with E-state index in [1.807, 2.05) is 18.2 Å². The van der Waals surface area contributed by atoms with Gasteiger partial charge in [0.05, 0.1) is 5.92 Å². The van der Waals surface area contributed by atoms with Crippen LogP contribution in [0.25, 0.3) is 6.08 Å². The summed E-state index contributed by atoms with van der Waals surface area (Å²) >= 11 is 0. The number of piperidine rings is 1. The number of benzene rings is 2. The van der Waals surface area contributed by atoms with Gasteiger partial charge in [0.15, 0.2) is 0 Å². The predicted octanol–water partition coefficient (Wildman–Crippen LogP) is 6.07. The summed E-state index contributed by atoms with van der Waals surface area (Å²) in [7, 11) is 0. The standard InChI is InChI=1S/C34H38N4O2/c39-31(14-11-21-6-5-15-35-19-21)37-25-12-13-30-28(18-25)33(34(40)38-30)32-23(16-22-7-1-2-9-27(22)32)17-24-20-36-29-10-4-3-8-26(24)29/h1-2,7,9,12-13,16,18,20-21,32-33,35-36H,3-6,8,10-11,14-15,17,19H2,(H,37,39)(H,38,40). The molecular formula is C34H38N4O2. The zero-order valence-electron chi connectivity index (χ0n) is 23.0. The number of amides is 2. The van der Waals surface area contributed by atoms with E-state index in [2.05, 4.69) is 57.5 Å². The molecule has 0 radical (unpaired) electrons. The third kappa shape index (κ3) is 4.79. The van der Waals surface area contributed by atoms with Gasteiger partial charge in [-0.25, -0.2) is 0 Å². The average molecular weight is 535 g/mol. The molecule has 3 aromatic rings. The van der Waals surface area contributed by atoms with E-state index in [4.69, 9.17) is 0 Å². The van der Waals surface area contributed by atoms with E-state index in [9.17, 15) is 9.59 Å². The van der Waals surface area contributed by atoms with Crippen molar-refractivity contribution >= 4 is 29.3 Å². The van der Waals surface area contributed by atoms with Gasteiger partial charge in [0, 0.05) is 35.6 Å². The molecule has 2 aliphatic carbocycles. The molecule has 40 heavy (non-hydrogen) atoms. The first-order chi connectivity index (χ1) is 19.6. The maximum Gasteiger partial charge on any atom is 0.232 e. The molecule has 3 atom stereocenters. The van der Waals surface area contributed by atoms with Crippen LogP contribution >= 0.6 is 0 Å². The monoisotopic (exact) mass is 534 g/mol. The minimum atomic E-state index is -0.329. The quantitative estimate of drug-likeness (QED) is 0.297. The smallest absolute Gasteiger partial charge is 0.232 e. The van der Waals surface area contributed by atoms with Crippen molar-refractivity contribution in [1.29, 1.82) is 0 Å². The Balaban J connectivity index is 1.15. The number of aryl methyl sites for hydroxylation is 1. The van der Waals surface area contributed by atoms with Gasteiger partial charge < -0.3 is 20.9 Å². The summed E-state index contributed by atoms with van der Waals surface area (Å²) in [5.74, 6) is 0.292. The van der Waals surface area contributed by atoms with Crippen molar-refractivity contribution in [3.8, 4) is 0 Å². The summed E-state index contributed by atoms with van der Waals surface area (Å²) in [5, 5.41) is 9.70. The molecule has 1 fully saturated rings. The topological polar surface area (TPSA) is 86.0 Å². The van der Waals surface area contributed by atoms with Crippen LogP contribution in [0.3, 0.4) is 0 Å². The van der Waals surface area contributed by atoms with Crippen molar-refractivity contribution < 1.29 is 9.59 Å². The van der Waals surface area contributed by atoms with Gasteiger partial charge in [-0.2, -0.15) is 0 Å². The number of nitrogens with one attached hydrogen (secondary N) is 4. The van der Waals surface area contributed by atoms with Gasteiger partial charge in [-0.05, 0) is 116 Å². The van der Waals surface area contributed by atoms with E-state index in [0.29, 0.717) is 12.3 Å². The lowest BCUT2D eigenvalue weighted by Gasteiger charge is -2.24.